The van der Waals surface area contributed by atoms with Gasteiger partial charge in [-0.25, -0.2) is 0 Å². The third kappa shape index (κ3) is 20.7. The summed E-state index contributed by atoms with van der Waals surface area (Å²) in [6.45, 7) is 4.48. The van der Waals surface area contributed by atoms with Gasteiger partial charge < -0.3 is 5.73 Å². The molecule has 2 N–H and O–H groups in total. The summed E-state index contributed by atoms with van der Waals surface area (Å²) in [5, 5.41) is 0. The average Bonchev–Trinajstić information content (AvgIpc) is 2.47. The zero-order valence-electron chi connectivity index (χ0n) is 14.9. The molecule has 0 aromatic heterocycles. The zero-order valence-corrected chi connectivity index (χ0v) is 17.2. The van der Waals surface area contributed by atoms with E-state index in [-0.39, 0.29) is 24.0 Å². The van der Waals surface area contributed by atoms with Gasteiger partial charge >= 0.3 is 0 Å². The van der Waals surface area contributed by atoms with Gasteiger partial charge in [0, 0.05) is 6.04 Å². The summed E-state index contributed by atoms with van der Waals surface area (Å²) in [4.78, 5) is 0. The topological polar surface area (TPSA) is 26.0 Å². The van der Waals surface area contributed by atoms with Crippen LogP contribution in [-0.4, -0.2) is 6.04 Å². The fourth-order valence-electron chi connectivity index (χ4n) is 2.81. The summed E-state index contributed by atoms with van der Waals surface area (Å²) >= 11 is 0. The molecule has 0 aliphatic heterocycles. The highest BCUT2D eigenvalue weighted by molar-refractivity contribution is 14.0. The normalized spacial score (nSPS) is 12.1. The molecular formula is C19H42IN. The smallest absolute Gasteiger partial charge is 0.00362 e. The SMILES string of the molecule is CCCCCCCCCCCCCCCCC(N)CC.I. The molecular weight excluding hydrogens is 369 g/mol. The van der Waals surface area contributed by atoms with Crippen LogP contribution in [0.25, 0.3) is 0 Å². The Morgan fingerprint density at radius 3 is 1.24 bits per heavy atom. The number of hydrogen-bond donors (Lipinski definition) is 1. The standard InChI is InChI=1S/C19H41N.HI/c1-3-5-6-7-8-9-10-11-12-13-14-15-16-17-18-19(20)4-2;/h19H,3-18,20H2,1-2H3;1H. The van der Waals surface area contributed by atoms with Crippen LogP contribution >= 0.6 is 24.0 Å². The van der Waals surface area contributed by atoms with Crippen LogP contribution in [0.4, 0.5) is 0 Å². The average molecular weight is 411 g/mol. The van der Waals surface area contributed by atoms with Crippen molar-refractivity contribution in [3.63, 3.8) is 0 Å². The number of halogens is 1. The fourth-order valence-corrected chi connectivity index (χ4v) is 2.81. The Kier molecular flexibility index (Phi) is 23.6. The van der Waals surface area contributed by atoms with Crippen molar-refractivity contribution >= 4 is 24.0 Å². The molecule has 1 atom stereocenters. The third-order valence-corrected chi connectivity index (χ3v) is 4.45. The van der Waals surface area contributed by atoms with E-state index >= 15 is 0 Å². The largest absolute Gasteiger partial charge is 0.328 e. The van der Waals surface area contributed by atoms with Crippen molar-refractivity contribution in [1.29, 1.82) is 0 Å². The predicted octanol–water partition coefficient (Wildman–Crippen LogP) is 7.21. The Balaban J connectivity index is 0. The molecule has 21 heavy (non-hydrogen) atoms. The van der Waals surface area contributed by atoms with Crippen LogP contribution in [0.3, 0.4) is 0 Å². The lowest BCUT2D eigenvalue weighted by molar-refractivity contribution is 0.511. The van der Waals surface area contributed by atoms with Gasteiger partial charge in [-0.2, -0.15) is 0 Å². The van der Waals surface area contributed by atoms with Crippen molar-refractivity contribution in [2.24, 2.45) is 5.73 Å². The third-order valence-electron chi connectivity index (χ3n) is 4.45. The Morgan fingerprint density at radius 1 is 0.571 bits per heavy atom. The summed E-state index contributed by atoms with van der Waals surface area (Å²) in [6.07, 6.45) is 22.5. The van der Waals surface area contributed by atoms with Gasteiger partial charge in [0.1, 0.15) is 0 Å². The minimum Gasteiger partial charge on any atom is -0.328 e. The molecule has 0 bridgehead atoms. The number of hydrogen-bond acceptors (Lipinski definition) is 1. The molecule has 0 saturated heterocycles. The lowest BCUT2D eigenvalue weighted by Gasteiger charge is -2.07. The van der Waals surface area contributed by atoms with Crippen molar-refractivity contribution in [3.05, 3.63) is 0 Å². The second-order valence-corrected chi connectivity index (χ2v) is 6.55. The Bertz CT molecular complexity index is 173. The van der Waals surface area contributed by atoms with Gasteiger partial charge in [0.25, 0.3) is 0 Å². The van der Waals surface area contributed by atoms with Crippen LogP contribution in [0.5, 0.6) is 0 Å². The Morgan fingerprint density at radius 2 is 0.905 bits per heavy atom. The maximum Gasteiger partial charge on any atom is 0.00362 e. The maximum absolute atomic E-state index is 5.92. The van der Waals surface area contributed by atoms with E-state index in [0.29, 0.717) is 6.04 Å². The van der Waals surface area contributed by atoms with Gasteiger partial charge in [-0.15, -0.1) is 24.0 Å². The molecule has 0 aliphatic rings. The van der Waals surface area contributed by atoms with E-state index in [1.807, 2.05) is 0 Å². The fraction of sp³-hybridized carbons (Fsp3) is 1.00. The second-order valence-electron chi connectivity index (χ2n) is 6.55. The van der Waals surface area contributed by atoms with Crippen molar-refractivity contribution in [2.45, 2.75) is 123 Å². The molecule has 0 rings (SSSR count). The summed E-state index contributed by atoms with van der Waals surface area (Å²) in [5.74, 6) is 0. The van der Waals surface area contributed by atoms with Crippen molar-refractivity contribution in [2.75, 3.05) is 0 Å². The molecule has 0 fully saturated rings. The Hall–Kier alpha value is 0.690. The summed E-state index contributed by atoms with van der Waals surface area (Å²) in [7, 11) is 0. The molecule has 0 heterocycles. The molecule has 0 radical (unpaired) electrons. The van der Waals surface area contributed by atoms with Gasteiger partial charge in [-0.05, 0) is 12.8 Å². The molecule has 130 valence electrons. The zero-order chi connectivity index (χ0) is 14.9. The maximum atomic E-state index is 5.92. The number of rotatable bonds is 16. The van der Waals surface area contributed by atoms with E-state index < -0.39 is 0 Å². The molecule has 0 spiro atoms. The lowest BCUT2D eigenvalue weighted by Crippen LogP contribution is -2.17. The van der Waals surface area contributed by atoms with E-state index in [1.165, 1.54) is 96.3 Å². The molecule has 1 unspecified atom stereocenters. The molecule has 0 aromatic carbocycles. The van der Waals surface area contributed by atoms with Crippen LogP contribution in [0.1, 0.15) is 117 Å². The van der Waals surface area contributed by atoms with E-state index in [0.717, 1.165) is 6.42 Å². The highest BCUT2D eigenvalue weighted by Gasteiger charge is 1.98. The quantitative estimate of drug-likeness (QED) is 0.211. The van der Waals surface area contributed by atoms with E-state index in [9.17, 15) is 0 Å². The lowest BCUT2D eigenvalue weighted by atomic mass is 10.0. The van der Waals surface area contributed by atoms with Gasteiger partial charge in [0.2, 0.25) is 0 Å². The van der Waals surface area contributed by atoms with E-state index in [4.69, 9.17) is 5.73 Å². The van der Waals surface area contributed by atoms with Crippen molar-refractivity contribution < 1.29 is 0 Å². The monoisotopic (exact) mass is 411 g/mol. The van der Waals surface area contributed by atoms with Gasteiger partial charge in [-0.1, -0.05) is 104 Å². The first kappa shape index (κ1) is 23.9. The molecule has 0 amide bonds. The first-order chi connectivity index (χ1) is 9.81. The molecule has 0 aliphatic carbocycles. The number of nitrogens with two attached hydrogens (primary N) is 1. The van der Waals surface area contributed by atoms with Crippen LogP contribution < -0.4 is 5.73 Å². The summed E-state index contributed by atoms with van der Waals surface area (Å²) in [5.41, 5.74) is 5.92. The van der Waals surface area contributed by atoms with Crippen LogP contribution in [0, 0.1) is 0 Å². The summed E-state index contributed by atoms with van der Waals surface area (Å²) < 4.78 is 0. The molecule has 0 aromatic rings. The first-order valence-electron chi connectivity index (χ1n) is 9.56. The minimum atomic E-state index is 0. The highest BCUT2D eigenvalue weighted by atomic mass is 127. The van der Waals surface area contributed by atoms with Crippen LogP contribution in [0.2, 0.25) is 0 Å². The molecule has 2 heteroatoms. The van der Waals surface area contributed by atoms with Gasteiger partial charge in [0.15, 0.2) is 0 Å². The van der Waals surface area contributed by atoms with Crippen molar-refractivity contribution in [3.8, 4) is 0 Å². The highest BCUT2D eigenvalue weighted by Crippen LogP contribution is 2.13. The van der Waals surface area contributed by atoms with Crippen molar-refractivity contribution in [1.82, 2.24) is 0 Å². The molecule has 0 saturated carbocycles. The first-order valence-corrected chi connectivity index (χ1v) is 9.56. The minimum absolute atomic E-state index is 0. The second kappa shape index (κ2) is 20.7. The van der Waals surface area contributed by atoms with Crippen LogP contribution in [-0.2, 0) is 0 Å². The molecule has 1 nitrogen and oxygen atoms in total. The van der Waals surface area contributed by atoms with Crippen LogP contribution in [0.15, 0.2) is 0 Å². The van der Waals surface area contributed by atoms with Gasteiger partial charge in [-0.3, -0.25) is 0 Å². The number of unbranched alkanes of at least 4 members (excludes halogenated alkanes) is 13. The Labute approximate surface area is 152 Å². The van der Waals surface area contributed by atoms with Gasteiger partial charge in [0.05, 0.1) is 0 Å². The predicted molar refractivity (Wildman–Crippen MR) is 109 cm³/mol. The summed E-state index contributed by atoms with van der Waals surface area (Å²) in [6, 6.07) is 0.451. The van der Waals surface area contributed by atoms with E-state index in [2.05, 4.69) is 13.8 Å². The van der Waals surface area contributed by atoms with E-state index in [1.54, 1.807) is 0 Å².